The molecule has 0 bridgehead atoms. The van der Waals surface area contributed by atoms with E-state index < -0.39 is 5.60 Å². The molecule has 1 aliphatic rings. The van der Waals surface area contributed by atoms with E-state index in [0.29, 0.717) is 18.6 Å². The highest BCUT2D eigenvalue weighted by molar-refractivity contribution is 8.00. The third-order valence-corrected chi connectivity index (χ3v) is 4.82. The second-order valence-corrected chi connectivity index (χ2v) is 8.44. The van der Waals surface area contributed by atoms with Crippen molar-refractivity contribution < 1.29 is 9.53 Å². The molecule has 4 nitrogen and oxygen atoms in total. The second-order valence-electron chi connectivity index (χ2n) is 6.97. The van der Waals surface area contributed by atoms with E-state index in [2.05, 4.69) is 24.5 Å². The van der Waals surface area contributed by atoms with Gasteiger partial charge in [-0.1, -0.05) is 26.7 Å². The third kappa shape index (κ3) is 8.57. The third-order valence-electron chi connectivity index (χ3n) is 3.47. The quantitative estimate of drug-likeness (QED) is 0.754. The Balaban J connectivity index is 2.36. The van der Waals surface area contributed by atoms with Crippen LogP contribution in [0.2, 0.25) is 0 Å². The van der Waals surface area contributed by atoms with Gasteiger partial charge in [-0.3, -0.25) is 0 Å². The average Bonchev–Trinajstić information content (AvgIpc) is 2.76. The number of nitrogens with one attached hydrogen (secondary N) is 2. The number of carbonyl (C=O) groups excluding carboxylic acids is 1. The molecule has 1 fully saturated rings. The molecule has 3 atom stereocenters. The van der Waals surface area contributed by atoms with Gasteiger partial charge in [-0.15, -0.1) is 0 Å². The van der Waals surface area contributed by atoms with Crippen LogP contribution in [-0.4, -0.2) is 41.3 Å². The fourth-order valence-corrected chi connectivity index (χ4v) is 3.64. The molecule has 2 N–H and O–H groups in total. The van der Waals surface area contributed by atoms with Gasteiger partial charge in [0.2, 0.25) is 0 Å². The van der Waals surface area contributed by atoms with Crippen LogP contribution in [-0.2, 0) is 4.74 Å². The van der Waals surface area contributed by atoms with Gasteiger partial charge in [-0.05, 0) is 33.6 Å². The van der Waals surface area contributed by atoms with Gasteiger partial charge in [0.1, 0.15) is 5.60 Å². The molecule has 3 unspecified atom stereocenters. The average molecular weight is 317 g/mol. The molecule has 0 aromatic carbocycles. The van der Waals surface area contributed by atoms with Gasteiger partial charge in [0.05, 0.1) is 0 Å². The molecule has 0 aromatic heterocycles. The highest BCUT2D eigenvalue weighted by atomic mass is 32.2. The minimum Gasteiger partial charge on any atom is -0.444 e. The van der Waals surface area contributed by atoms with Crippen molar-refractivity contribution in [3.63, 3.8) is 0 Å². The van der Waals surface area contributed by atoms with Gasteiger partial charge in [-0.2, -0.15) is 11.8 Å². The van der Waals surface area contributed by atoms with E-state index in [0.717, 1.165) is 11.7 Å². The van der Waals surface area contributed by atoms with Crippen LogP contribution in [0.5, 0.6) is 0 Å². The number of ether oxygens (including phenoxy) is 1. The zero-order valence-corrected chi connectivity index (χ0v) is 15.0. The maximum absolute atomic E-state index is 11.8. The van der Waals surface area contributed by atoms with E-state index in [4.69, 9.17) is 4.74 Å². The fraction of sp³-hybridized carbons (Fsp3) is 0.938. The Kier molecular flexibility index (Phi) is 7.88. The standard InChI is InChI=1S/C16H32N2O2S/c1-6-7-8-13(18-14-9-12(2)21-11-14)10-17-15(19)20-16(3,4)5/h12-14,18H,6-11H2,1-5H3,(H,17,19). The Labute approximate surface area is 134 Å². The molecule has 1 saturated heterocycles. The van der Waals surface area contributed by atoms with E-state index in [1.807, 2.05) is 32.5 Å². The summed E-state index contributed by atoms with van der Waals surface area (Å²) in [5, 5.41) is 7.35. The van der Waals surface area contributed by atoms with Crippen LogP contribution >= 0.6 is 11.8 Å². The highest BCUT2D eigenvalue weighted by Crippen LogP contribution is 2.26. The van der Waals surface area contributed by atoms with E-state index in [1.54, 1.807) is 0 Å². The number of alkyl carbamates (subject to hydrolysis) is 1. The minimum atomic E-state index is -0.437. The van der Waals surface area contributed by atoms with Crippen LogP contribution in [0.4, 0.5) is 4.79 Å². The Morgan fingerprint density at radius 2 is 2.14 bits per heavy atom. The van der Waals surface area contributed by atoms with Gasteiger partial charge in [-0.25, -0.2) is 4.79 Å². The van der Waals surface area contributed by atoms with Crippen LogP contribution in [0.1, 0.15) is 60.3 Å². The number of unbranched alkanes of at least 4 members (excludes halogenated alkanes) is 1. The first kappa shape index (κ1) is 18.6. The Bertz CT molecular complexity index is 318. The molecule has 1 rings (SSSR count). The Morgan fingerprint density at radius 3 is 2.67 bits per heavy atom. The summed E-state index contributed by atoms with van der Waals surface area (Å²) in [6.07, 6.45) is 4.37. The fourth-order valence-electron chi connectivity index (χ4n) is 2.48. The lowest BCUT2D eigenvalue weighted by Crippen LogP contribution is -2.46. The van der Waals surface area contributed by atoms with Crippen molar-refractivity contribution in [2.75, 3.05) is 12.3 Å². The summed E-state index contributed by atoms with van der Waals surface area (Å²) in [5.74, 6) is 1.18. The predicted octanol–water partition coefficient (Wildman–Crippen LogP) is 3.55. The largest absolute Gasteiger partial charge is 0.444 e. The van der Waals surface area contributed by atoms with Crippen molar-refractivity contribution in [1.82, 2.24) is 10.6 Å². The Morgan fingerprint density at radius 1 is 1.43 bits per heavy atom. The van der Waals surface area contributed by atoms with Gasteiger partial charge < -0.3 is 15.4 Å². The molecule has 0 saturated carbocycles. The van der Waals surface area contributed by atoms with Crippen molar-refractivity contribution >= 4 is 17.9 Å². The van der Waals surface area contributed by atoms with Crippen molar-refractivity contribution in [2.24, 2.45) is 0 Å². The number of hydrogen-bond donors (Lipinski definition) is 2. The number of amides is 1. The van der Waals surface area contributed by atoms with Crippen LogP contribution in [0.25, 0.3) is 0 Å². The first-order valence-corrected chi connectivity index (χ1v) is 9.19. The van der Waals surface area contributed by atoms with Gasteiger partial charge in [0.15, 0.2) is 0 Å². The maximum atomic E-state index is 11.8. The molecular formula is C16H32N2O2S. The molecule has 0 spiro atoms. The van der Waals surface area contributed by atoms with E-state index in [-0.39, 0.29) is 6.09 Å². The first-order valence-electron chi connectivity index (χ1n) is 8.14. The minimum absolute atomic E-state index is 0.319. The van der Waals surface area contributed by atoms with Gasteiger partial charge in [0, 0.05) is 29.6 Å². The lowest BCUT2D eigenvalue weighted by atomic mass is 10.1. The number of hydrogen-bond acceptors (Lipinski definition) is 4. The van der Waals surface area contributed by atoms with Crippen LogP contribution < -0.4 is 10.6 Å². The summed E-state index contributed by atoms with van der Waals surface area (Å²) in [6.45, 7) is 10.8. The molecule has 0 aliphatic carbocycles. The van der Waals surface area contributed by atoms with Crippen LogP contribution in [0, 0.1) is 0 Å². The predicted molar refractivity (Wildman–Crippen MR) is 91.0 cm³/mol. The molecule has 124 valence electrons. The van der Waals surface area contributed by atoms with Crippen LogP contribution in [0.3, 0.4) is 0 Å². The van der Waals surface area contributed by atoms with Crippen molar-refractivity contribution in [3.8, 4) is 0 Å². The summed E-state index contributed by atoms with van der Waals surface area (Å²) < 4.78 is 5.30. The van der Waals surface area contributed by atoms with Crippen molar-refractivity contribution in [2.45, 2.75) is 83.2 Å². The summed E-state index contributed by atoms with van der Waals surface area (Å²) in [7, 11) is 0. The SMILES string of the molecule is CCCCC(CNC(=O)OC(C)(C)C)NC1CSC(C)C1. The topological polar surface area (TPSA) is 50.4 Å². The molecule has 1 aliphatic heterocycles. The maximum Gasteiger partial charge on any atom is 0.407 e. The highest BCUT2D eigenvalue weighted by Gasteiger charge is 2.24. The van der Waals surface area contributed by atoms with Crippen molar-refractivity contribution in [1.29, 1.82) is 0 Å². The summed E-state index contributed by atoms with van der Waals surface area (Å²) in [5.41, 5.74) is -0.437. The molecule has 0 aromatic rings. The van der Waals surface area contributed by atoms with Gasteiger partial charge >= 0.3 is 6.09 Å². The molecular weight excluding hydrogens is 284 g/mol. The van der Waals surface area contributed by atoms with Crippen LogP contribution in [0.15, 0.2) is 0 Å². The summed E-state index contributed by atoms with van der Waals surface area (Å²) >= 11 is 2.03. The number of rotatable bonds is 7. The van der Waals surface area contributed by atoms with Gasteiger partial charge in [0.25, 0.3) is 0 Å². The van der Waals surface area contributed by atoms with E-state index in [9.17, 15) is 4.79 Å². The smallest absolute Gasteiger partial charge is 0.407 e. The molecule has 1 heterocycles. The number of carbonyl (C=O) groups is 1. The second kappa shape index (κ2) is 8.89. The molecule has 21 heavy (non-hydrogen) atoms. The molecule has 5 heteroatoms. The van der Waals surface area contributed by atoms with Crippen molar-refractivity contribution in [3.05, 3.63) is 0 Å². The van der Waals surface area contributed by atoms with E-state index in [1.165, 1.54) is 25.0 Å². The summed E-state index contributed by atoms with van der Waals surface area (Å²) in [4.78, 5) is 11.8. The lowest BCUT2D eigenvalue weighted by molar-refractivity contribution is 0.0521. The molecule has 0 radical (unpaired) electrons. The zero-order valence-electron chi connectivity index (χ0n) is 14.2. The Hall–Kier alpha value is -0.420. The first-order chi connectivity index (χ1) is 9.80. The monoisotopic (exact) mass is 316 g/mol. The normalized spacial score (nSPS) is 23.9. The summed E-state index contributed by atoms with van der Waals surface area (Å²) in [6, 6.07) is 0.917. The van der Waals surface area contributed by atoms with E-state index >= 15 is 0 Å². The lowest BCUT2D eigenvalue weighted by Gasteiger charge is -2.25. The zero-order chi connectivity index (χ0) is 15.9. The number of thioether (sulfide) groups is 1. The molecule has 1 amide bonds.